The molecule has 1 aromatic carbocycles. The molecule has 0 amide bonds. The third kappa shape index (κ3) is 5.52. The molecule has 0 bridgehead atoms. The standard InChI is InChI=1S/C18H29ClN2/c1-18(2,3)15-6-5-11-21(12-9-15)13-10-20-17-8-4-7-16(19)14-17/h4,7-8,14-15,20H,5-6,9-13H2,1-3H3. The molecule has 3 heteroatoms. The first kappa shape index (κ1) is 16.6. The van der Waals surface area contributed by atoms with Crippen LogP contribution in [0.25, 0.3) is 0 Å². The largest absolute Gasteiger partial charge is 0.384 e. The molecule has 1 unspecified atom stereocenters. The molecular weight excluding hydrogens is 280 g/mol. The van der Waals surface area contributed by atoms with Crippen molar-refractivity contribution >= 4 is 17.3 Å². The molecular formula is C18H29ClN2. The van der Waals surface area contributed by atoms with Gasteiger partial charge >= 0.3 is 0 Å². The number of halogens is 1. The normalized spacial score (nSPS) is 21.0. The van der Waals surface area contributed by atoms with Gasteiger partial charge in [-0.2, -0.15) is 0 Å². The molecule has 1 N–H and O–H groups in total. The van der Waals surface area contributed by atoms with Gasteiger partial charge in [0, 0.05) is 23.8 Å². The molecule has 0 aromatic heterocycles. The fourth-order valence-corrected chi connectivity index (χ4v) is 3.39. The number of hydrogen-bond donors (Lipinski definition) is 1. The molecule has 1 heterocycles. The highest BCUT2D eigenvalue weighted by molar-refractivity contribution is 6.30. The number of hydrogen-bond acceptors (Lipinski definition) is 2. The van der Waals surface area contributed by atoms with Gasteiger partial charge in [0.15, 0.2) is 0 Å². The summed E-state index contributed by atoms with van der Waals surface area (Å²) < 4.78 is 0. The lowest BCUT2D eigenvalue weighted by Crippen LogP contribution is -2.30. The van der Waals surface area contributed by atoms with E-state index in [0.29, 0.717) is 5.41 Å². The first-order valence-electron chi connectivity index (χ1n) is 8.17. The van der Waals surface area contributed by atoms with E-state index >= 15 is 0 Å². The predicted octanol–water partition coefficient (Wildman–Crippen LogP) is 4.90. The molecule has 21 heavy (non-hydrogen) atoms. The van der Waals surface area contributed by atoms with Gasteiger partial charge in [-0.05, 0) is 61.9 Å². The lowest BCUT2D eigenvalue weighted by atomic mass is 9.77. The molecule has 0 saturated carbocycles. The Hall–Kier alpha value is -0.730. The Morgan fingerprint density at radius 1 is 1.24 bits per heavy atom. The highest BCUT2D eigenvalue weighted by Gasteiger charge is 2.26. The Bertz CT molecular complexity index is 439. The summed E-state index contributed by atoms with van der Waals surface area (Å²) in [4.78, 5) is 2.60. The van der Waals surface area contributed by atoms with Gasteiger partial charge in [0.25, 0.3) is 0 Å². The van der Waals surface area contributed by atoms with Crippen molar-refractivity contribution in [3.05, 3.63) is 29.3 Å². The topological polar surface area (TPSA) is 15.3 Å². The fraction of sp³-hybridized carbons (Fsp3) is 0.667. The van der Waals surface area contributed by atoms with Gasteiger partial charge in [-0.3, -0.25) is 0 Å². The highest BCUT2D eigenvalue weighted by Crippen LogP contribution is 2.34. The quantitative estimate of drug-likeness (QED) is 0.851. The van der Waals surface area contributed by atoms with E-state index in [1.165, 1.54) is 32.4 Å². The maximum Gasteiger partial charge on any atom is 0.0426 e. The van der Waals surface area contributed by atoms with Crippen LogP contribution in [-0.4, -0.2) is 31.1 Å². The molecule has 1 aliphatic heterocycles. The lowest BCUT2D eigenvalue weighted by Gasteiger charge is -2.29. The number of benzene rings is 1. The maximum atomic E-state index is 6.00. The maximum absolute atomic E-state index is 6.00. The number of likely N-dealkylation sites (tertiary alicyclic amines) is 1. The zero-order valence-corrected chi connectivity index (χ0v) is 14.4. The van der Waals surface area contributed by atoms with E-state index < -0.39 is 0 Å². The molecule has 118 valence electrons. The molecule has 1 aliphatic rings. The Kier molecular flexibility index (Phi) is 5.95. The van der Waals surface area contributed by atoms with Crippen LogP contribution in [0, 0.1) is 11.3 Å². The van der Waals surface area contributed by atoms with Crippen molar-refractivity contribution < 1.29 is 0 Å². The van der Waals surface area contributed by atoms with Crippen molar-refractivity contribution in [2.45, 2.75) is 40.0 Å². The summed E-state index contributed by atoms with van der Waals surface area (Å²) in [5.41, 5.74) is 1.57. The van der Waals surface area contributed by atoms with Crippen LogP contribution in [0.5, 0.6) is 0 Å². The molecule has 2 nitrogen and oxygen atoms in total. The van der Waals surface area contributed by atoms with Gasteiger partial charge in [-0.25, -0.2) is 0 Å². The summed E-state index contributed by atoms with van der Waals surface area (Å²) >= 11 is 6.00. The van der Waals surface area contributed by atoms with Crippen molar-refractivity contribution in [2.24, 2.45) is 11.3 Å². The first-order valence-corrected chi connectivity index (χ1v) is 8.55. The van der Waals surface area contributed by atoms with Crippen molar-refractivity contribution in [2.75, 3.05) is 31.5 Å². The van der Waals surface area contributed by atoms with Crippen LogP contribution in [-0.2, 0) is 0 Å². The Morgan fingerprint density at radius 3 is 2.76 bits per heavy atom. The molecule has 0 radical (unpaired) electrons. The van der Waals surface area contributed by atoms with Crippen LogP contribution in [0.15, 0.2) is 24.3 Å². The van der Waals surface area contributed by atoms with Gasteiger partial charge in [-0.1, -0.05) is 38.4 Å². The van der Waals surface area contributed by atoms with E-state index in [9.17, 15) is 0 Å². The minimum absolute atomic E-state index is 0.453. The minimum Gasteiger partial charge on any atom is -0.384 e. The summed E-state index contributed by atoms with van der Waals surface area (Å²) in [6.07, 6.45) is 4.04. The smallest absolute Gasteiger partial charge is 0.0426 e. The van der Waals surface area contributed by atoms with Crippen LogP contribution in [0.4, 0.5) is 5.69 Å². The zero-order valence-electron chi connectivity index (χ0n) is 13.7. The number of anilines is 1. The summed E-state index contributed by atoms with van der Waals surface area (Å²) in [7, 11) is 0. The van der Waals surface area contributed by atoms with Gasteiger partial charge in [0.1, 0.15) is 0 Å². The van der Waals surface area contributed by atoms with Gasteiger partial charge in [0.2, 0.25) is 0 Å². The molecule has 1 fully saturated rings. The van der Waals surface area contributed by atoms with Crippen molar-refractivity contribution in [1.82, 2.24) is 4.90 Å². The second kappa shape index (κ2) is 7.51. The van der Waals surface area contributed by atoms with Crippen LogP contribution < -0.4 is 5.32 Å². The zero-order chi connectivity index (χ0) is 15.3. The minimum atomic E-state index is 0.453. The Morgan fingerprint density at radius 2 is 2.05 bits per heavy atom. The second-order valence-corrected chi connectivity index (χ2v) is 7.71. The van der Waals surface area contributed by atoms with Crippen LogP contribution >= 0.6 is 11.6 Å². The van der Waals surface area contributed by atoms with E-state index in [-0.39, 0.29) is 0 Å². The molecule has 1 atom stereocenters. The SMILES string of the molecule is CC(C)(C)C1CCCN(CCNc2cccc(Cl)c2)CC1. The fourth-order valence-electron chi connectivity index (χ4n) is 3.20. The average molecular weight is 309 g/mol. The monoisotopic (exact) mass is 308 g/mol. The predicted molar refractivity (Wildman–Crippen MR) is 93.2 cm³/mol. The summed E-state index contributed by atoms with van der Waals surface area (Å²) in [6, 6.07) is 7.96. The molecule has 1 aromatic rings. The van der Waals surface area contributed by atoms with Gasteiger partial charge in [-0.15, -0.1) is 0 Å². The highest BCUT2D eigenvalue weighted by atomic mass is 35.5. The van der Waals surface area contributed by atoms with Crippen LogP contribution in [0.1, 0.15) is 40.0 Å². The summed E-state index contributed by atoms with van der Waals surface area (Å²) in [6.45, 7) is 11.7. The summed E-state index contributed by atoms with van der Waals surface area (Å²) in [5.74, 6) is 0.864. The molecule has 0 aliphatic carbocycles. The van der Waals surface area contributed by atoms with Gasteiger partial charge in [0.05, 0.1) is 0 Å². The van der Waals surface area contributed by atoms with E-state index in [2.05, 4.69) is 37.1 Å². The van der Waals surface area contributed by atoms with E-state index in [0.717, 1.165) is 29.7 Å². The van der Waals surface area contributed by atoms with E-state index in [1.807, 2.05) is 18.2 Å². The number of rotatable bonds is 4. The molecule has 2 rings (SSSR count). The number of nitrogens with one attached hydrogen (secondary N) is 1. The van der Waals surface area contributed by atoms with Crippen molar-refractivity contribution in [1.29, 1.82) is 0 Å². The molecule has 1 saturated heterocycles. The summed E-state index contributed by atoms with van der Waals surface area (Å²) in [5, 5.41) is 4.26. The van der Waals surface area contributed by atoms with Crippen LogP contribution in [0.3, 0.4) is 0 Å². The van der Waals surface area contributed by atoms with Crippen molar-refractivity contribution in [3.8, 4) is 0 Å². The first-order chi connectivity index (χ1) is 9.95. The van der Waals surface area contributed by atoms with Crippen LogP contribution in [0.2, 0.25) is 5.02 Å². The Labute approximate surface area is 134 Å². The third-order valence-corrected chi connectivity index (χ3v) is 4.86. The second-order valence-electron chi connectivity index (χ2n) is 7.27. The third-order valence-electron chi connectivity index (χ3n) is 4.63. The Balaban J connectivity index is 1.74. The lowest BCUT2D eigenvalue weighted by molar-refractivity contribution is 0.209. The average Bonchev–Trinajstić information content (AvgIpc) is 2.64. The molecule has 0 spiro atoms. The van der Waals surface area contributed by atoms with Gasteiger partial charge < -0.3 is 10.2 Å². The van der Waals surface area contributed by atoms with E-state index in [1.54, 1.807) is 0 Å². The van der Waals surface area contributed by atoms with E-state index in [4.69, 9.17) is 11.6 Å². The number of nitrogens with zero attached hydrogens (tertiary/aromatic N) is 1. The van der Waals surface area contributed by atoms with Crippen molar-refractivity contribution in [3.63, 3.8) is 0 Å².